The molecule has 0 fully saturated rings. The van der Waals surface area contributed by atoms with Crippen molar-refractivity contribution in [1.82, 2.24) is 15.5 Å². The molecule has 0 radical (unpaired) electrons. The minimum Gasteiger partial charge on any atom is -0.407 e. The highest BCUT2D eigenvalue weighted by molar-refractivity contribution is 5.23. The third-order valence-corrected chi connectivity index (χ3v) is 2.90. The summed E-state index contributed by atoms with van der Waals surface area (Å²) in [4.78, 5) is 2.03. The van der Waals surface area contributed by atoms with Crippen molar-refractivity contribution < 1.29 is 13.9 Å². The van der Waals surface area contributed by atoms with E-state index in [2.05, 4.69) is 29.4 Å². The second-order valence-corrected chi connectivity index (χ2v) is 5.33. The molecule has 7 heteroatoms. The molecule has 0 aromatic carbocycles. The zero-order valence-electron chi connectivity index (χ0n) is 13.6. The van der Waals surface area contributed by atoms with E-state index in [-0.39, 0.29) is 0 Å². The molecule has 0 unspecified atom stereocenters. The van der Waals surface area contributed by atoms with Gasteiger partial charge in [0, 0.05) is 33.9 Å². The van der Waals surface area contributed by atoms with Gasteiger partial charge < -0.3 is 24.1 Å². The lowest BCUT2D eigenvalue weighted by molar-refractivity contribution is 0.189. The summed E-state index contributed by atoms with van der Waals surface area (Å²) in [5, 5.41) is 11.5. The van der Waals surface area contributed by atoms with Crippen molar-refractivity contribution in [3.8, 4) is 0 Å². The second kappa shape index (κ2) is 10.5. The van der Waals surface area contributed by atoms with Gasteiger partial charge in [-0.3, -0.25) is 0 Å². The van der Waals surface area contributed by atoms with E-state index in [1.807, 2.05) is 4.90 Å². The fourth-order valence-electron chi connectivity index (χ4n) is 1.82. The Kier molecular flexibility index (Phi) is 8.96. The number of anilines is 1. The Morgan fingerprint density at radius 1 is 1.14 bits per heavy atom. The third kappa shape index (κ3) is 7.40. The predicted molar refractivity (Wildman–Crippen MR) is 81.4 cm³/mol. The van der Waals surface area contributed by atoms with Crippen LogP contribution in [0.3, 0.4) is 0 Å². The van der Waals surface area contributed by atoms with Crippen molar-refractivity contribution in [3.63, 3.8) is 0 Å². The molecule has 7 nitrogen and oxygen atoms in total. The van der Waals surface area contributed by atoms with Gasteiger partial charge in [0.15, 0.2) is 0 Å². The Morgan fingerprint density at radius 2 is 1.90 bits per heavy atom. The first-order valence-electron chi connectivity index (χ1n) is 7.43. The first kappa shape index (κ1) is 17.9. The molecule has 0 spiro atoms. The number of hydrogen-bond donors (Lipinski definition) is 1. The third-order valence-electron chi connectivity index (χ3n) is 2.90. The van der Waals surface area contributed by atoms with Crippen molar-refractivity contribution in [2.24, 2.45) is 5.92 Å². The Balaban J connectivity index is 2.50. The summed E-state index contributed by atoms with van der Waals surface area (Å²) in [6.07, 6.45) is 0.906. The van der Waals surface area contributed by atoms with Crippen LogP contribution in [-0.4, -0.2) is 57.3 Å². The maximum atomic E-state index is 5.70. The average Bonchev–Trinajstić information content (AvgIpc) is 2.91. The number of ether oxygens (including phenoxy) is 2. The van der Waals surface area contributed by atoms with E-state index in [1.54, 1.807) is 14.2 Å². The van der Waals surface area contributed by atoms with Crippen LogP contribution in [0.2, 0.25) is 0 Å². The topological polar surface area (TPSA) is 72.7 Å². The lowest BCUT2D eigenvalue weighted by atomic mass is 10.2. The van der Waals surface area contributed by atoms with Crippen molar-refractivity contribution in [2.45, 2.75) is 26.8 Å². The molecule has 0 aliphatic rings. The zero-order valence-corrected chi connectivity index (χ0v) is 13.6. The Hall–Kier alpha value is -1.18. The van der Waals surface area contributed by atoms with Gasteiger partial charge in [-0.1, -0.05) is 18.9 Å². The van der Waals surface area contributed by atoms with Gasteiger partial charge in [0.1, 0.15) is 0 Å². The molecule has 1 N–H and O–H groups in total. The number of hydrogen-bond acceptors (Lipinski definition) is 7. The Bertz CT molecular complexity index is 371. The van der Waals surface area contributed by atoms with Crippen molar-refractivity contribution in [3.05, 3.63) is 5.89 Å². The van der Waals surface area contributed by atoms with E-state index in [0.29, 0.717) is 37.6 Å². The summed E-state index contributed by atoms with van der Waals surface area (Å²) in [5.41, 5.74) is 0. The summed E-state index contributed by atoms with van der Waals surface area (Å²) in [6.45, 7) is 8.71. The quantitative estimate of drug-likeness (QED) is 0.583. The van der Waals surface area contributed by atoms with Gasteiger partial charge in [-0.2, -0.15) is 0 Å². The summed E-state index contributed by atoms with van der Waals surface area (Å²) in [7, 11) is 3.38. The van der Waals surface area contributed by atoms with Crippen LogP contribution in [0.25, 0.3) is 0 Å². The number of nitrogens with one attached hydrogen (secondary N) is 1. The monoisotopic (exact) mass is 300 g/mol. The number of aromatic nitrogens is 2. The van der Waals surface area contributed by atoms with Crippen molar-refractivity contribution in [2.75, 3.05) is 52.0 Å². The minimum atomic E-state index is 0.546. The smallest absolute Gasteiger partial charge is 0.318 e. The summed E-state index contributed by atoms with van der Waals surface area (Å²) >= 11 is 0. The van der Waals surface area contributed by atoms with E-state index in [4.69, 9.17) is 13.9 Å². The molecule has 122 valence electrons. The van der Waals surface area contributed by atoms with Crippen LogP contribution in [-0.2, 0) is 16.0 Å². The second-order valence-electron chi connectivity index (χ2n) is 5.33. The highest BCUT2D eigenvalue weighted by atomic mass is 16.5. The first-order valence-corrected chi connectivity index (χ1v) is 7.43. The summed E-state index contributed by atoms with van der Waals surface area (Å²) < 4.78 is 15.9. The zero-order chi connectivity index (χ0) is 15.5. The number of nitrogens with zero attached hydrogens (tertiary/aromatic N) is 3. The Labute approximate surface area is 127 Å². The fourth-order valence-corrected chi connectivity index (χ4v) is 1.82. The molecule has 1 aromatic heterocycles. The molecule has 1 rings (SSSR count). The van der Waals surface area contributed by atoms with Crippen LogP contribution in [0.1, 0.15) is 26.2 Å². The largest absolute Gasteiger partial charge is 0.407 e. The van der Waals surface area contributed by atoms with E-state index < -0.39 is 0 Å². The fraction of sp³-hybridized carbons (Fsp3) is 0.857. The highest BCUT2D eigenvalue weighted by Crippen LogP contribution is 2.12. The van der Waals surface area contributed by atoms with Crippen LogP contribution in [0.5, 0.6) is 0 Å². The average molecular weight is 300 g/mol. The summed E-state index contributed by atoms with van der Waals surface area (Å²) in [5.74, 6) is 1.21. The van der Waals surface area contributed by atoms with Gasteiger partial charge in [-0.05, 0) is 18.9 Å². The van der Waals surface area contributed by atoms with Crippen LogP contribution in [0.4, 0.5) is 6.01 Å². The molecule has 0 amide bonds. The van der Waals surface area contributed by atoms with Gasteiger partial charge in [0.2, 0.25) is 5.89 Å². The highest BCUT2D eigenvalue weighted by Gasteiger charge is 2.14. The minimum absolute atomic E-state index is 0.546. The maximum absolute atomic E-state index is 5.70. The van der Waals surface area contributed by atoms with Crippen LogP contribution < -0.4 is 10.2 Å². The lowest BCUT2D eigenvalue weighted by Crippen LogP contribution is -2.29. The van der Waals surface area contributed by atoms with Crippen LogP contribution in [0.15, 0.2) is 4.42 Å². The molecule has 0 bridgehead atoms. The first-order chi connectivity index (χ1) is 10.2. The van der Waals surface area contributed by atoms with Gasteiger partial charge in [0.25, 0.3) is 0 Å². The van der Waals surface area contributed by atoms with Gasteiger partial charge >= 0.3 is 6.01 Å². The van der Waals surface area contributed by atoms with Gasteiger partial charge in [-0.25, -0.2) is 0 Å². The van der Waals surface area contributed by atoms with Gasteiger partial charge in [0.05, 0.1) is 13.2 Å². The molecule has 0 saturated heterocycles. The van der Waals surface area contributed by atoms with Gasteiger partial charge in [-0.15, -0.1) is 5.10 Å². The molecule has 0 atom stereocenters. The van der Waals surface area contributed by atoms with Crippen LogP contribution in [0, 0.1) is 5.92 Å². The molecule has 0 aliphatic carbocycles. The Morgan fingerprint density at radius 3 is 2.57 bits per heavy atom. The lowest BCUT2D eigenvalue weighted by Gasteiger charge is -2.19. The molecular formula is C14H28N4O3. The SMILES string of the molecule is COCCCN(CCOC)c1nnc(CNCC(C)C)o1. The standard InChI is InChI=1S/C14H28N4O3/c1-12(2)10-15-11-13-16-17-14(21-13)18(7-9-20-4)6-5-8-19-3/h12,15H,5-11H2,1-4H3. The predicted octanol–water partition coefficient (Wildman–Crippen LogP) is 1.30. The van der Waals surface area contributed by atoms with E-state index >= 15 is 0 Å². The van der Waals surface area contributed by atoms with E-state index in [1.165, 1.54) is 0 Å². The van der Waals surface area contributed by atoms with Crippen molar-refractivity contribution >= 4 is 6.01 Å². The molecule has 0 aliphatic heterocycles. The maximum Gasteiger partial charge on any atom is 0.318 e. The molecule has 1 heterocycles. The summed E-state index contributed by atoms with van der Waals surface area (Å²) in [6, 6.07) is 0.546. The number of rotatable bonds is 12. The molecule has 21 heavy (non-hydrogen) atoms. The van der Waals surface area contributed by atoms with Crippen molar-refractivity contribution in [1.29, 1.82) is 0 Å². The van der Waals surface area contributed by atoms with E-state index in [9.17, 15) is 0 Å². The molecular weight excluding hydrogens is 272 g/mol. The van der Waals surface area contributed by atoms with Crippen LogP contribution >= 0.6 is 0 Å². The number of methoxy groups -OCH3 is 2. The normalized spacial score (nSPS) is 11.3. The molecule has 0 saturated carbocycles. The molecule has 1 aromatic rings. The van der Waals surface area contributed by atoms with E-state index in [0.717, 1.165) is 26.1 Å².